The van der Waals surface area contributed by atoms with Gasteiger partial charge in [0.05, 0.1) is 6.42 Å². The summed E-state index contributed by atoms with van der Waals surface area (Å²) >= 11 is 5.56. The van der Waals surface area contributed by atoms with E-state index in [4.69, 9.17) is 11.6 Å². The Labute approximate surface area is 89.1 Å². The van der Waals surface area contributed by atoms with Gasteiger partial charge < -0.3 is 0 Å². The molecule has 1 aromatic heterocycles. The van der Waals surface area contributed by atoms with Crippen LogP contribution in [-0.2, 0) is 0 Å². The van der Waals surface area contributed by atoms with E-state index in [0.29, 0.717) is 0 Å². The van der Waals surface area contributed by atoms with Gasteiger partial charge in [0.2, 0.25) is 0 Å². The zero-order valence-corrected chi connectivity index (χ0v) is 8.27. The third kappa shape index (κ3) is 4.29. The van der Waals surface area contributed by atoms with Gasteiger partial charge in [-0.15, -0.1) is 0 Å². The van der Waals surface area contributed by atoms with Gasteiger partial charge in [-0.1, -0.05) is 11.6 Å². The number of rotatable bonds is 3. The number of carbonyl (C=O) groups is 1. The lowest BCUT2D eigenvalue weighted by Gasteiger charge is -2.04. The highest BCUT2D eigenvalue weighted by molar-refractivity contribution is 6.30. The number of hydrogen-bond donors (Lipinski definition) is 0. The number of hydrogen-bond acceptors (Lipinski definition) is 2. The van der Waals surface area contributed by atoms with Crippen molar-refractivity contribution in [2.45, 2.75) is 19.0 Å². The number of ketones is 1. The van der Waals surface area contributed by atoms with Crippen LogP contribution in [0.25, 0.3) is 0 Å². The number of nitrogens with zero attached hydrogens (tertiary/aromatic N) is 1. The minimum atomic E-state index is -4.33. The predicted octanol–water partition coefficient (Wildman–Crippen LogP) is 3.26. The maximum Gasteiger partial charge on any atom is 0.389 e. The van der Waals surface area contributed by atoms with E-state index in [1.807, 2.05) is 0 Å². The van der Waals surface area contributed by atoms with Crippen LogP contribution < -0.4 is 0 Å². The van der Waals surface area contributed by atoms with Crippen LogP contribution in [0.4, 0.5) is 13.2 Å². The standard InChI is InChI=1S/C9H7ClF3NO/c10-6-2-4-14-7(5-6)8(15)1-3-9(11,12)13/h2,4-5H,1,3H2. The van der Waals surface area contributed by atoms with Gasteiger partial charge in [0, 0.05) is 17.6 Å². The smallest absolute Gasteiger partial charge is 0.292 e. The molecule has 0 aromatic carbocycles. The van der Waals surface area contributed by atoms with Gasteiger partial charge >= 0.3 is 6.18 Å². The largest absolute Gasteiger partial charge is 0.389 e. The molecule has 6 heteroatoms. The fourth-order valence-electron chi connectivity index (χ4n) is 0.941. The van der Waals surface area contributed by atoms with Gasteiger partial charge in [0.15, 0.2) is 5.78 Å². The van der Waals surface area contributed by atoms with Crippen LogP contribution in [0.1, 0.15) is 23.3 Å². The molecule has 0 fully saturated rings. The Hall–Kier alpha value is -1.10. The summed E-state index contributed by atoms with van der Waals surface area (Å²) in [6.07, 6.45) is -4.78. The molecule has 0 N–H and O–H groups in total. The molecule has 1 aromatic rings. The van der Waals surface area contributed by atoms with E-state index in [1.54, 1.807) is 0 Å². The number of aromatic nitrogens is 1. The molecular weight excluding hydrogens is 231 g/mol. The molecule has 1 rings (SSSR count). The minimum absolute atomic E-state index is 0.0354. The van der Waals surface area contributed by atoms with E-state index < -0.39 is 24.8 Å². The summed E-state index contributed by atoms with van der Waals surface area (Å²) in [4.78, 5) is 14.9. The van der Waals surface area contributed by atoms with E-state index in [1.165, 1.54) is 18.3 Å². The Morgan fingerprint density at radius 1 is 1.47 bits per heavy atom. The predicted molar refractivity (Wildman–Crippen MR) is 48.9 cm³/mol. The fraction of sp³-hybridized carbons (Fsp3) is 0.333. The Bertz CT molecular complexity index is 365. The van der Waals surface area contributed by atoms with Crippen molar-refractivity contribution in [3.8, 4) is 0 Å². The highest BCUT2D eigenvalue weighted by atomic mass is 35.5. The number of alkyl halides is 3. The molecule has 15 heavy (non-hydrogen) atoms. The first-order valence-corrected chi connectivity index (χ1v) is 4.48. The summed E-state index contributed by atoms with van der Waals surface area (Å²) in [7, 11) is 0. The fourth-order valence-corrected chi connectivity index (χ4v) is 1.10. The van der Waals surface area contributed by atoms with Crippen molar-refractivity contribution in [2.75, 3.05) is 0 Å². The molecule has 0 bridgehead atoms. The Kier molecular flexibility index (Phi) is 3.68. The monoisotopic (exact) mass is 237 g/mol. The molecule has 0 aliphatic carbocycles. The summed E-state index contributed by atoms with van der Waals surface area (Å²) < 4.78 is 35.4. The topological polar surface area (TPSA) is 30.0 Å². The van der Waals surface area contributed by atoms with E-state index in [0.717, 1.165) is 0 Å². The summed E-state index contributed by atoms with van der Waals surface area (Å²) in [5.41, 5.74) is -0.0354. The molecule has 0 amide bonds. The molecule has 0 aliphatic heterocycles. The molecule has 0 atom stereocenters. The van der Waals surface area contributed by atoms with Crippen molar-refractivity contribution in [1.82, 2.24) is 4.98 Å². The SMILES string of the molecule is O=C(CCC(F)(F)F)c1cc(Cl)ccn1. The maximum atomic E-state index is 11.8. The van der Waals surface area contributed by atoms with Crippen LogP contribution in [0.15, 0.2) is 18.3 Å². The summed E-state index contributed by atoms with van der Waals surface area (Å²) in [5.74, 6) is -0.658. The molecule has 0 spiro atoms. The third-order valence-electron chi connectivity index (χ3n) is 1.64. The second-order valence-corrected chi connectivity index (χ2v) is 3.33. The van der Waals surface area contributed by atoms with Gasteiger partial charge in [0.1, 0.15) is 5.69 Å². The van der Waals surface area contributed by atoms with E-state index >= 15 is 0 Å². The first-order valence-electron chi connectivity index (χ1n) is 4.10. The van der Waals surface area contributed by atoms with Crippen LogP contribution in [-0.4, -0.2) is 16.9 Å². The zero-order chi connectivity index (χ0) is 11.5. The van der Waals surface area contributed by atoms with Crippen LogP contribution in [0.2, 0.25) is 5.02 Å². The highest BCUT2D eigenvalue weighted by Gasteiger charge is 2.28. The second kappa shape index (κ2) is 4.61. The average Bonchev–Trinajstić information content (AvgIpc) is 2.13. The van der Waals surface area contributed by atoms with Crippen molar-refractivity contribution < 1.29 is 18.0 Å². The van der Waals surface area contributed by atoms with Crippen LogP contribution >= 0.6 is 11.6 Å². The minimum Gasteiger partial charge on any atom is -0.292 e. The van der Waals surface area contributed by atoms with Crippen LogP contribution in [0.5, 0.6) is 0 Å². The number of carbonyl (C=O) groups excluding carboxylic acids is 1. The Balaban J connectivity index is 2.62. The third-order valence-corrected chi connectivity index (χ3v) is 1.88. The summed E-state index contributed by atoms with van der Waals surface area (Å²) in [6.45, 7) is 0. The van der Waals surface area contributed by atoms with Crippen molar-refractivity contribution >= 4 is 17.4 Å². The van der Waals surface area contributed by atoms with Crippen molar-refractivity contribution in [1.29, 1.82) is 0 Å². The first kappa shape index (κ1) is 12.0. The number of halogens is 4. The second-order valence-electron chi connectivity index (χ2n) is 2.90. The summed E-state index contributed by atoms with van der Waals surface area (Å²) in [6, 6.07) is 2.70. The quantitative estimate of drug-likeness (QED) is 0.756. The van der Waals surface area contributed by atoms with Crippen molar-refractivity contribution in [3.05, 3.63) is 29.0 Å². The average molecular weight is 238 g/mol. The molecule has 0 aliphatic rings. The molecule has 0 saturated heterocycles. The maximum absolute atomic E-state index is 11.8. The first-order chi connectivity index (χ1) is 6.88. The van der Waals surface area contributed by atoms with Gasteiger partial charge in [-0.05, 0) is 12.1 Å². The van der Waals surface area contributed by atoms with Crippen molar-refractivity contribution in [2.24, 2.45) is 0 Å². The lowest BCUT2D eigenvalue weighted by molar-refractivity contribution is -0.133. The van der Waals surface area contributed by atoms with Crippen molar-refractivity contribution in [3.63, 3.8) is 0 Å². The highest BCUT2D eigenvalue weighted by Crippen LogP contribution is 2.22. The molecule has 1 heterocycles. The molecule has 0 saturated carbocycles. The molecule has 0 unspecified atom stereocenters. The lowest BCUT2D eigenvalue weighted by atomic mass is 10.1. The van der Waals surface area contributed by atoms with Gasteiger partial charge in [-0.2, -0.15) is 13.2 Å². The Morgan fingerprint density at radius 2 is 2.13 bits per heavy atom. The molecule has 0 radical (unpaired) electrons. The normalized spacial score (nSPS) is 11.5. The van der Waals surface area contributed by atoms with Gasteiger partial charge in [0.25, 0.3) is 0 Å². The molecule has 82 valence electrons. The zero-order valence-electron chi connectivity index (χ0n) is 7.51. The number of pyridine rings is 1. The van der Waals surface area contributed by atoms with Crippen LogP contribution in [0.3, 0.4) is 0 Å². The van der Waals surface area contributed by atoms with E-state index in [9.17, 15) is 18.0 Å². The summed E-state index contributed by atoms with van der Waals surface area (Å²) in [5, 5.41) is 0.278. The van der Waals surface area contributed by atoms with E-state index in [-0.39, 0.29) is 10.7 Å². The van der Waals surface area contributed by atoms with Gasteiger partial charge in [-0.3, -0.25) is 9.78 Å². The van der Waals surface area contributed by atoms with Crippen LogP contribution in [0, 0.1) is 0 Å². The van der Waals surface area contributed by atoms with Gasteiger partial charge in [-0.25, -0.2) is 0 Å². The number of Topliss-reactive ketones (excluding diaryl/α,β-unsaturated/α-hetero) is 1. The Morgan fingerprint density at radius 3 is 2.67 bits per heavy atom. The van der Waals surface area contributed by atoms with E-state index in [2.05, 4.69) is 4.98 Å². The molecule has 2 nitrogen and oxygen atoms in total. The molecular formula is C9H7ClF3NO. The lowest BCUT2D eigenvalue weighted by Crippen LogP contribution is -2.11.